The summed E-state index contributed by atoms with van der Waals surface area (Å²) in [6, 6.07) is 6.09. The predicted octanol–water partition coefficient (Wildman–Crippen LogP) is 1.96. The maximum absolute atomic E-state index is 5.70. The van der Waals surface area contributed by atoms with Gasteiger partial charge in [0.1, 0.15) is 11.5 Å². The maximum atomic E-state index is 5.70. The van der Waals surface area contributed by atoms with E-state index in [0.29, 0.717) is 0 Å². The van der Waals surface area contributed by atoms with Gasteiger partial charge in [-0.25, -0.2) is 0 Å². The van der Waals surface area contributed by atoms with Gasteiger partial charge >= 0.3 is 0 Å². The van der Waals surface area contributed by atoms with Gasteiger partial charge in [0.25, 0.3) is 0 Å². The molecule has 0 fully saturated rings. The maximum Gasteiger partial charge on any atom is 0.154 e. The van der Waals surface area contributed by atoms with Crippen molar-refractivity contribution in [3.63, 3.8) is 0 Å². The van der Waals surface area contributed by atoms with E-state index in [9.17, 15) is 0 Å². The number of hydrogen-bond donors (Lipinski definition) is 1. The zero-order valence-corrected chi connectivity index (χ0v) is 9.19. The van der Waals surface area contributed by atoms with Crippen LogP contribution in [-0.2, 0) is 7.05 Å². The average molecular weight is 205 g/mol. The fourth-order valence-corrected chi connectivity index (χ4v) is 1.41. The Balaban J connectivity index is 2.27. The minimum atomic E-state index is 0.225. The van der Waals surface area contributed by atoms with Crippen molar-refractivity contribution in [2.24, 2.45) is 7.05 Å². The predicted molar refractivity (Wildman–Crippen MR) is 58.4 cm³/mol. The molecule has 0 aliphatic rings. The van der Waals surface area contributed by atoms with E-state index < -0.39 is 0 Å². The van der Waals surface area contributed by atoms with Crippen LogP contribution < -0.4 is 5.32 Å². The van der Waals surface area contributed by atoms with Gasteiger partial charge in [0.15, 0.2) is 5.76 Å². The molecule has 1 unspecified atom stereocenters. The third-order valence-electron chi connectivity index (χ3n) is 2.45. The van der Waals surface area contributed by atoms with E-state index in [-0.39, 0.29) is 6.04 Å². The van der Waals surface area contributed by atoms with Crippen LogP contribution in [-0.4, -0.2) is 16.8 Å². The van der Waals surface area contributed by atoms with Crippen LogP contribution in [0.3, 0.4) is 0 Å². The van der Waals surface area contributed by atoms with Crippen molar-refractivity contribution in [3.8, 4) is 11.5 Å². The molecule has 2 rings (SSSR count). The Kier molecular flexibility index (Phi) is 2.60. The third kappa shape index (κ3) is 1.94. The lowest BCUT2D eigenvalue weighted by atomic mass is 10.2. The Hall–Kier alpha value is -1.55. The van der Waals surface area contributed by atoms with Gasteiger partial charge in [-0.15, -0.1) is 0 Å². The monoisotopic (exact) mass is 205 g/mol. The van der Waals surface area contributed by atoms with E-state index >= 15 is 0 Å². The molecule has 1 atom stereocenters. The number of nitrogens with one attached hydrogen (secondary N) is 1. The largest absolute Gasteiger partial charge is 0.458 e. The molecule has 0 spiro atoms. The summed E-state index contributed by atoms with van der Waals surface area (Å²) in [5.74, 6) is 1.74. The highest BCUT2D eigenvalue weighted by Crippen LogP contribution is 2.23. The fraction of sp³-hybridized carbons (Fsp3) is 0.364. The third-order valence-corrected chi connectivity index (χ3v) is 2.45. The van der Waals surface area contributed by atoms with E-state index in [1.807, 2.05) is 38.5 Å². The molecule has 0 saturated heterocycles. The van der Waals surface area contributed by atoms with Crippen molar-refractivity contribution < 1.29 is 4.42 Å². The molecule has 0 bridgehead atoms. The first-order valence-electron chi connectivity index (χ1n) is 4.97. The second-order valence-electron chi connectivity index (χ2n) is 3.59. The zero-order chi connectivity index (χ0) is 10.8. The highest BCUT2D eigenvalue weighted by molar-refractivity contribution is 5.51. The summed E-state index contributed by atoms with van der Waals surface area (Å²) in [4.78, 5) is 0. The molecule has 4 heteroatoms. The molecule has 4 nitrogen and oxygen atoms in total. The smallest absolute Gasteiger partial charge is 0.154 e. The molecule has 2 heterocycles. The summed E-state index contributed by atoms with van der Waals surface area (Å²) in [5, 5.41) is 7.41. The van der Waals surface area contributed by atoms with Crippen LogP contribution in [0.15, 0.2) is 28.8 Å². The SMILES string of the molecule is CNC(C)c1ccc(-c2ccn(C)n2)o1. The van der Waals surface area contributed by atoms with E-state index in [2.05, 4.69) is 17.3 Å². The fourth-order valence-electron chi connectivity index (χ4n) is 1.41. The van der Waals surface area contributed by atoms with E-state index in [1.165, 1.54) is 0 Å². The van der Waals surface area contributed by atoms with Gasteiger partial charge in [0.05, 0.1) is 6.04 Å². The number of aryl methyl sites for hydroxylation is 1. The van der Waals surface area contributed by atoms with Gasteiger partial charge in [-0.05, 0) is 32.2 Å². The quantitative estimate of drug-likeness (QED) is 0.833. The average Bonchev–Trinajstić information content (AvgIpc) is 2.84. The lowest BCUT2D eigenvalue weighted by molar-refractivity contribution is 0.457. The van der Waals surface area contributed by atoms with Crippen LogP contribution >= 0.6 is 0 Å². The summed E-state index contributed by atoms with van der Waals surface area (Å²) in [7, 11) is 3.80. The van der Waals surface area contributed by atoms with Crippen molar-refractivity contribution in [1.29, 1.82) is 0 Å². The normalized spacial score (nSPS) is 13.0. The summed E-state index contributed by atoms with van der Waals surface area (Å²) in [6.45, 7) is 2.06. The molecule has 0 radical (unpaired) electrons. The van der Waals surface area contributed by atoms with Crippen molar-refractivity contribution in [2.75, 3.05) is 7.05 Å². The second-order valence-corrected chi connectivity index (χ2v) is 3.59. The van der Waals surface area contributed by atoms with Crippen molar-refractivity contribution in [2.45, 2.75) is 13.0 Å². The Morgan fingerprint density at radius 3 is 2.80 bits per heavy atom. The Morgan fingerprint density at radius 1 is 1.40 bits per heavy atom. The molecule has 0 saturated carbocycles. The first-order valence-corrected chi connectivity index (χ1v) is 4.97. The number of hydrogen-bond acceptors (Lipinski definition) is 3. The number of furan rings is 1. The minimum Gasteiger partial charge on any atom is -0.458 e. The van der Waals surface area contributed by atoms with E-state index in [1.54, 1.807) is 4.68 Å². The van der Waals surface area contributed by atoms with Crippen LogP contribution in [0, 0.1) is 0 Å². The first-order chi connectivity index (χ1) is 7.20. The van der Waals surface area contributed by atoms with Crippen molar-refractivity contribution in [1.82, 2.24) is 15.1 Å². The van der Waals surface area contributed by atoms with Gasteiger partial charge in [-0.2, -0.15) is 5.10 Å². The molecule has 2 aromatic heterocycles. The van der Waals surface area contributed by atoms with Crippen molar-refractivity contribution >= 4 is 0 Å². The summed E-state index contributed by atoms with van der Waals surface area (Å²) in [6.07, 6.45) is 1.90. The molecule has 0 aliphatic carbocycles. The Morgan fingerprint density at radius 2 is 2.20 bits per heavy atom. The summed E-state index contributed by atoms with van der Waals surface area (Å²) in [5.41, 5.74) is 0.868. The van der Waals surface area contributed by atoms with Crippen molar-refractivity contribution in [3.05, 3.63) is 30.2 Å². The molecule has 0 aromatic carbocycles. The Labute approximate surface area is 88.9 Å². The topological polar surface area (TPSA) is 43.0 Å². The van der Waals surface area contributed by atoms with Crippen LogP contribution in [0.2, 0.25) is 0 Å². The second kappa shape index (κ2) is 3.90. The highest BCUT2D eigenvalue weighted by Gasteiger charge is 2.10. The first kappa shape index (κ1) is 9.98. The molecule has 0 aliphatic heterocycles. The van der Waals surface area contributed by atoms with Crippen LogP contribution in [0.4, 0.5) is 0 Å². The highest BCUT2D eigenvalue weighted by atomic mass is 16.3. The number of rotatable bonds is 3. The van der Waals surface area contributed by atoms with Crippen LogP contribution in [0.5, 0.6) is 0 Å². The molecule has 1 N–H and O–H groups in total. The molecule has 15 heavy (non-hydrogen) atoms. The molecule has 80 valence electrons. The van der Waals surface area contributed by atoms with Gasteiger partial charge in [-0.3, -0.25) is 4.68 Å². The lowest BCUT2D eigenvalue weighted by Crippen LogP contribution is -2.11. The van der Waals surface area contributed by atoms with Gasteiger partial charge < -0.3 is 9.73 Å². The van der Waals surface area contributed by atoms with Crippen LogP contribution in [0.1, 0.15) is 18.7 Å². The zero-order valence-electron chi connectivity index (χ0n) is 9.19. The number of aromatic nitrogens is 2. The number of nitrogens with zero attached hydrogens (tertiary/aromatic N) is 2. The Bertz CT molecular complexity index is 444. The van der Waals surface area contributed by atoms with E-state index in [0.717, 1.165) is 17.2 Å². The summed E-state index contributed by atoms with van der Waals surface area (Å²) >= 11 is 0. The summed E-state index contributed by atoms with van der Waals surface area (Å²) < 4.78 is 7.46. The van der Waals surface area contributed by atoms with Gasteiger partial charge in [-0.1, -0.05) is 0 Å². The molecule has 2 aromatic rings. The molecular formula is C11H15N3O. The van der Waals surface area contributed by atoms with Crippen LogP contribution in [0.25, 0.3) is 11.5 Å². The minimum absolute atomic E-state index is 0.225. The molecular weight excluding hydrogens is 190 g/mol. The van der Waals surface area contributed by atoms with Gasteiger partial charge in [0, 0.05) is 13.2 Å². The van der Waals surface area contributed by atoms with E-state index in [4.69, 9.17) is 4.42 Å². The standard InChI is InChI=1S/C11H15N3O/c1-8(12-2)10-4-5-11(15-10)9-6-7-14(3)13-9/h4-8,12H,1-3H3. The lowest BCUT2D eigenvalue weighted by Gasteiger charge is -2.04. The molecule has 0 amide bonds. The van der Waals surface area contributed by atoms with Gasteiger partial charge in [0.2, 0.25) is 0 Å².